The summed E-state index contributed by atoms with van der Waals surface area (Å²) in [5.41, 5.74) is 2.42. The fourth-order valence-corrected chi connectivity index (χ4v) is 5.24. The van der Waals surface area contributed by atoms with Crippen molar-refractivity contribution in [2.45, 2.75) is 92.2 Å². The summed E-state index contributed by atoms with van der Waals surface area (Å²) in [6.07, 6.45) is 17.6. The van der Waals surface area contributed by atoms with Gasteiger partial charge in [-0.1, -0.05) is 72.3 Å². The highest BCUT2D eigenvalue weighted by Gasteiger charge is 2.20. The topological polar surface area (TPSA) is 144 Å². The number of nitriles is 4. The smallest absolute Gasteiger partial charge is 0.177 e. The summed E-state index contributed by atoms with van der Waals surface area (Å²) in [5.74, 6) is 1.94. The molecule has 0 aliphatic rings. The third-order valence-corrected chi connectivity index (χ3v) is 8.02. The first-order chi connectivity index (χ1) is 21.5. The molecule has 0 saturated carbocycles. The van der Waals surface area contributed by atoms with Crippen LogP contribution in [0.2, 0.25) is 0 Å². The van der Waals surface area contributed by atoms with Crippen LogP contribution in [0.5, 0.6) is 0 Å². The van der Waals surface area contributed by atoms with E-state index < -0.39 is 0 Å². The molecular weight excluding hydrogens is 546 g/mol. The maximum absolute atomic E-state index is 9.77. The quantitative estimate of drug-likeness (QED) is 0.167. The Hall–Kier alpha value is -4.99. The Morgan fingerprint density at radius 2 is 1.18 bits per heavy atom. The molecule has 0 radical (unpaired) electrons. The first-order valence-electron chi connectivity index (χ1n) is 15.6. The van der Waals surface area contributed by atoms with Crippen LogP contribution in [0.3, 0.4) is 0 Å². The number of pyridine rings is 1. The first kappa shape index (κ1) is 33.5. The zero-order valence-corrected chi connectivity index (χ0v) is 26.3. The average molecular weight is 588 g/mol. The minimum atomic E-state index is 0.138. The summed E-state index contributed by atoms with van der Waals surface area (Å²) in [4.78, 5) is 13.4. The summed E-state index contributed by atoms with van der Waals surface area (Å²) < 4.78 is 3.72. The van der Waals surface area contributed by atoms with E-state index in [0.717, 1.165) is 56.9 Å². The SMILES string of the molecule is CCCCC(CC)Cn1c(/C=C/c2ccc(/C=C/c3nc(C#N)c(C#N)n3CC(CC)CCCC)nc2)nc(C#N)c1C#N. The van der Waals surface area contributed by atoms with Crippen molar-refractivity contribution in [2.24, 2.45) is 11.8 Å². The second-order valence-electron chi connectivity index (χ2n) is 11.0. The number of nitrogens with zero attached hydrogens (tertiary/aromatic N) is 9. The molecule has 0 aliphatic carbocycles. The normalized spacial score (nSPS) is 12.5. The molecule has 9 nitrogen and oxygen atoms in total. The minimum Gasteiger partial charge on any atom is -0.315 e. The molecule has 0 fully saturated rings. The van der Waals surface area contributed by atoms with Crippen LogP contribution in [0.4, 0.5) is 0 Å². The summed E-state index contributed by atoms with van der Waals surface area (Å²) in [7, 11) is 0. The molecule has 226 valence electrons. The van der Waals surface area contributed by atoms with E-state index in [4.69, 9.17) is 0 Å². The van der Waals surface area contributed by atoms with Gasteiger partial charge in [-0.25, -0.2) is 9.97 Å². The number of hydrogen-bond acceptors (Lipinski definition) is 7. The fraction of sp³-hybridized carbons (Fsp3) is 0.457. The van der Waals surface area contributed by atoms with Crippen molar-refractivity contribution in [3.8, 4) is 24.3 Å². The van der Waals surface area contributed by atoms with Gasteiger partial charge in [0.2, 0.25) is 0 Å². The standard InChI is InChI=1S/C35H41N9/c1-5-9-11-26(7-3)24-43-32(21-38)30(19-36)41-34(43)17-14-28-13-15-29(40-23-28)16-18-35-42-31(20-37)33(22-39)44(35)25-27(8-4)12-10-6-2/h13-18,23,26-27H,5-12,24-25H2,1-4H3/b17-14+,18-16+. The van der Waals surface area contributed by atoms with Crippen LogP contribution < -0.4 is 0 Å². The monoisotopic (exact) mass is 587 g/mol. The molecule has 3 heterocycles. The van der Waals surface area contributed by atoms with E-state index in [2.05, 4.69) is 66.9 Å². The van der Waals surface area contributed by atoms with Gasteiger partial charge in [-0.05, 0) is 60.6 Å². The van der Waals surface area contributed by atoms with E-state index in [-0.39, 0.29) is 11.4 Å². The van der Waals surface area contributed by atoms with Crippen molar-refractivity contribution in [3.63, 3.8) is 0 Å². The van der Waals surface area contributed by atoms with Crippen molar-refractivity contribution in [1.29, 1.82) is 21.0 Å². The summed E-state index contributed by atoms with van der Waals surface area (Å²) >= 11 is 0. The van der Waals surface area contributed by atoms with Gasteiger partial charge in [0.1, 0.15) is 35.9 Å². The molecular formula is C35H41N9. The lowest BCUT2D eigenvalue weighted by molar-refractivity contribution is 0.388. The lowest BCUT2D eigenvalue weighted by Gasteiger charge is -2.17. The maximum atomic E-state index is 9.77. The molecule has 0 spiro atoms. The van der Waals surface area contributed by atoms with Crippen LogP contribution in [-0.2, 0) is 13.1 Å². The van der Waals surface area contributed by atoms with E-state index in [9.17, 15) is 21.0 Å². The summed E-state index contributed by atoms with van der Waals surface area (Å²) in [6.45, 7) is 9.92. The lowest BCUT2D eigenvalue weighted by Crippen LogP contribution is -2.13. The van der Waals surface area contributed by atoms with Crippen LogP contribution in [0.15, 0.2) is 18.3 Å². The third kappa shape index (κ3) is 8.53. The summed E-state index contributed by atoms with van der Waals surface area (Å²) in [5, 5.41) is 38.7. The average Bonchev–Trinajstić information content (AvgIpc) is 3.58. The third-order valence-electron chi connectivity index (χ3n) is 8.02. The Labute approximate surface area is 261 Å². The molecule has 9 heteroatoms. The number of rotatable bonds is 16. The Kier molecular flexibility index (Phi) is 13.1. The predicted octanol–water partition coefficient (Wildman–Crippen LogP) is 7.73. The van der Waals surface area contributed by atoms with E-state index in [1.807, 2.05) is 39.5 Å². The van der Waals surface area contributed by atoms with Gasteiger partial charge in [0.25, 0.3) is 0 Å². The molecule has 2 unspecified atom stereocenters. The molecule has 0 saturated heterocycles. The zero-order valence-electron chi connectivity index (χ0n) is 26.3. The minimum absolute atomic E-state index is 0.138. The zero-order chi connectivity index (χ0) is 31.9. The van der Waals surface area contributed by atoms with E-state index in [1.165, 1.54) is 0 Å². The maximum Gasteiger partial charge on any atom is 0.177 e. The van der Waals surface area contributed by atoms with Crippen LogP contribution in [0.25, 0.3) is 24.3 Å². The fourth-order valence-electron chi connectivity index (χ4n) is 5.24. The van der Waals surface area contributed by atoms with Crippen LogP contribution in [-0.4, -0.2) is 24.1 Å². The van der Waals surface area contributed by atoms with Gasteiger partial charge in [0, 0.05) is 19.3 Å². The highest BCUT2D eigenvalue weighted by molar-refractivity contribution is 5.70. The van der Waals surface area contributed by atoms with Gasteiger partial charge in [-0.3, -0.25) is 4.98 Å². The lowest BCUT2D eigenvalue weighted by atomic mass is 9.99. The highest BCUT2D eigenvalue weighted by Crippen LogP contribution is 2.22. The molecule has 3 aromatic rings. The van der Waals surface area contributed by atoms with Crippen molar-refractivity contribution < 1.29 is 0 Å². The molecule has 0 aliphatic heterocycles. The first-order valence-corrected chi connectivity index (χ1v) is 15.6. The van der Waals surface area contributed by atoms with Gasteiger partial charge in [-0.2, -0.15) is 21.0 Å². The molecule has 0 amide bonds. The molecule has 2 atom stereocenters. The van der Waals surface area contributed by atoms with E-state index in [0.29, 0.717) is 53.7 Å². The van der Waals surface area contributed by atoms with Gasteiger partial charge in [-0.15, -0.1) is 0 Å². The van der Waals surface area contributed by atoms with Crippen molar-refractivity contribution in [3.05, 3.63) is 64.0 Å². The predicted molar refractivity (Wildman–Crippen MR) is 172 cm³/mol. The van der Waals surface area contributed by atoms with E-state index >= 15 is 0 Å². The van der Waals surface area contributed by atoms with Crippen molar-refractivity contribution in [1.82, 2.24) is 24.1 Å². The Balaban J connectivity index is 1.84. The molecule has 0 bridgehead atoms. The Morgan fingerprint density at radius 3 is 1.57 bits per heavy atom. The second kappa shape index (κ2) is 17.2. The molecule has 3 aromatic heterocycles. The molecule has 0 aromatic carbocycles. The van der Waals surface area contributed by atoms with Crippen molar-refractivity contribution >= 4 is 24.3 Å². The van der Waals surface area contributed by atoms with Gasteiger partial charge in [0.05, 0.1) is 5.69 Å². The van der Waals surface area contributed by atoms with E-state index in [1.54, 1.807) is 12.3 Å². The van der Waals surface area contributed by atoms with Gasteiger partial charge in [0.15, 0.2) is 22.8 Å². The molecule has 0 N–H and O–H groups in total. The van der Waals surface area contributed by atoms with Crippen LogP contribution >= 0.6 is 0 Å². The molecule has 3 rings (SSSR count). The van der Waals surface area contributed by atoms with Crippen LogP contribution in [0, 0.1) is 57.2 Å². The van der Waals surface area contributed by atoms with Gasteiger partial charge >= 0.3 is 0 Å². The summed E-state index contributed by atoms with van der Waals surface area (Å²) in [6, 6.07) is 12.3. The van der Waals surface area contributed by atoms with Crippen molar-refractivity contribution in [2.75, 3.05) is 0 Å². The number of unbranched alkanes of at least 4 members (excludes halogenated alkanes) is 2. The number of hydrogen-bond donors (Lipinski definition) is 0. The Bertz CT molecular complexity index is 1490. The van der Waals surface area contributed by atoms with Gasteiger partial charge < -0.3 is 9.13 Å². The Morgan fingerprint density at radius 1 is 0.682 bits per heavy atom. The van der Waals surface area contributed by atoms with Crippen LogP contribution in [0.1, 0.15) is 125 Å². The largest absolute Gasteiger partial charge is 0.315 e. The highest BCUT2D eigenvalue weighted by atomic mass is 15.1. The number of imidazole rings is 2. The number of aromatic nitrogens is 5. The molecule has 44 heavy (non-hydrogen) atoms. The second-order valence-corrected chi connectivity index (χ2v) is 11.0.